The van der Waals surface area contributed by atoms with Gasteiger partial charge in [-0.2, -0.15) is 0 Å². The molecule has 6 rings (SSSR count). The van der Waals surface area contributed by atoms with Gasteiger partial charge in [0.25, 0.3) is 0 Å². The van der Waals surface area contributed by atoms with E-state index in [1.54, 1.807) is 0 Å². The highest BCUT2D eigenvalue weighted by molar-refractivity contribution is 14.1. The predicted octanol–water partition coefficient (Wildman–Crippen LogP) is 12.3. The second kappa shape index (κ2) is 18.3. The van der Waals surface area contributed by atoms with E-state index in [4.69, 9.17) is 0 Å². The van der Waals surface area contributed by atoms with Gasteiger partial charge in [-0.3, -0.25) is 0 Å². The first kappa shape index (κ1) is 43.4. The van der Waals surface area contributed by atoms with Crippen LogP contribution in [0, 0.1) is 26.2 Å². The van der Waals surface area contributed by atoms with Crippen molar-refractivity contribution in [3.8, 4) is 0 Å². The van der Waals surface area contributed by atoms with Crippen molar-refractivity contribution in [2.45, 2.75) is 115 Å². The summed E-state index contributed by atoms with van der Waals surface area (Å²) in [4.78, 5) is 1.05. The van der Waals surface area contributed by atoms with Crippen molar-refractivity contribution in [3.63, 3.8) is 0 Å². The molecule has 5 nitrogen and oxygen atoms in total. The summed E-state index contributed by atoms with van der Waals surface area (Å²) in [5.74, 6) is 1.16. The molecule has 8 heteroatoms. The number of rotatable bonds is 11. The Kier molecular flexibility index (Phi) is 14.4. The Morgan fingerprint density at radius 2 is 1.09 bits per heavy atom. The van der Waals surface area contributed by atoms with E-state index in [0.717, 1.165) is 68.2 Å². The molecule has 298 valence electrons. The maximum Gasteiger partial charge on any atom is 0.179 e. The smallest absolute Gasteiger partial charge is 0.179 e. The first-order valence-electron chi connectivity index (χ1n) is 20.4. The van der Waals surface area contributed by atoms with Crippen LogP contribution in [0.25, 0.3) is 0 Å². The van der Waals surface area contributed by atoms with E-state index in [0.29, 0.717) is 9.79 Å². The lowest BCUT2D eigenvalue weighted by molar-refractivity contribution is 0.160. The van der Waals surface area contributed by atoms with Gasteiger partial charge in [0.2, 0.25) is 0 Å². The Labute approximate surface area is 346 Å². The van der Waals surface area contributed by atoms with Crippen LogP contribution >= 0.6 is 22.6 Å². The van der Waals surface area contributed by atoms with Crippen LogP contribution < -0.4 is 5.32 Å². The Morgan fingerprint density at radius 1 is 0.618 bits per heavy atom. The fraction of sp³-hybridized carbons (Fsp3) is 0.489. The predicted molar refractivity (Wildman–Crippen MR) is 239 cm³/mol. The van der Waals surface area contributed by atoms with Crippen LogP contribution in [0.1, 0.15) is 127 Å². The Bertz CT molecular complexity index is 2100. The van der Waals surface area contributed by atoms with Gasteiger partial charge in [-0.25, -0.2) is 16.8 Å². The summed E-state index contributed by atoms with van der Waals surface area (Å²) in [5, 5.41) is 3.19. The van der Waals surface area contributed by atoms with Crippen LogP contribution in [-0.2, 0) is 19.7 Å². The normalized spacial score (nSPS) is 26.6. The number of unbranched alkanes of at least 4 members (excludes halogenated alkanes) is 2. The van der Waals surface area contributed by atoms with E-state index >= 15 is 0 Å². The fourth-order valence-corrected chi connectivity index (χ4v) is 14.9. The van der Waals surface area contributed by atoms with Crippen molar-refractivity contribution in [3.05, 3.63) is 123 Å². The van der Waals surface area contributed by atoms with Crippen molar-refractivity contribution < 1.29 is 16.8 Å². The topological polar surface area (TPSA) is 80.3 Å². The van der Waals surface area contributed by atoms with Crippen LogP contribution in [-0.4, -0.2) is 35.4 Å². The van der Waals surface area contributed by atoms with Crippen LogP contribution in [0.4, 0.5) is 5.69 Å². The standard InChI is InChI=1S/C24H33NO2S.C23H29IO2S/c1-5-7-15-24(6-2)17-28(26,27)22-14-13-20(25-4)16-21(22)23(18(24)3)19-11-9-8-10-12-19;1-4-6-15-23(5-2)16-27(25,26)21-10-8-7-9-20(21)22(17(23)3)18-11-13-19(24)14-12-18/h8-14,16,18,23,25H,5-7,15,17H2,1-4H3;7-14,17,22H,4-6,15-16H2,1-3H3/t18-,23-,24-;17-,22-,23-/m11/s1. The van der Waals surface area contributed by atoms with Gasteiger partial charge in [-0.05, 0) is 130 Å². The molecule has 0 amide bonds. The molecule has 0 aliphatic carbocycles. The molecule has 0 fully saturated rings. The summed E-state index contributed by atoms with van der Waals surface area (Å²) in [5.41, 5.74) is 4.89. The summed E-state index contributed by atoms with van der Waals surface area (Å²) < 4.78 is 55.1. The molecular formula is C47H62INO4S2. The van der Waals surface area contributed by atoms with Gasteiger partial charge in [0, 0.05) is 28.1 Å². The number of fused-ring (bicyclic) bond motifs is 2. The Balaban J connectivity index is 0.000000211. The van der Waals surface area contributed by atoms with Crippen LogP contribution in [0.3, 0.4) is 0 Å². The number of benzene rings is 4. The summed E-state index contributed by atoms with van der Waals surface area (Å²) in [7, 11) is -4.79. The SMILES string of the molecule is CCCC[C@]1(CC)CS(=O)(=O)c2ccc(NC)cc2[C@@H](c2ccccc2)[C@H]1C.CCCC[C@]1(CC)CS(=O)(=O)c2ccccc2[C@@H](c2ccc(I)cc2)[C@H]1C. The fourth-order valence-electron chi connectivity index (χ4n) is 9.80. The molecule has 0 bridgehead atoms. The molecule has 0 spiro atoms. The minimum absolute atomic E-state index is 0.0681. The highest BCUT2D eigenvalue weighted by Gasteiger charge is 2.48. The number of hydrogen-bond acceptors (Lipinski definition) is 5. The number of sulfone groups is 2. The van der Waals surface area contributed by atoms with Crippen LogP contribution in [0.15, 0.2) is 107 Å². The van der Waals surface area contributed by atoms with Crippen molar-refractivity contribution >= 4 is 48.0 Å². The third-order valence-corrected chi connectivity index (χ3v) is 18.0. The lowest BCUT2D eigenvalue weighted by atomic mass is 9.64. The minimum Gasteiger partial charge on any atom is -0.388 e. The molecule has 4 aromatic carbocycles. The van der Waals surface area contributed by atoms with Crippen molar-refractivity contribution in [1.29, 1.82) is 0 Å². The third-order valence-electron chi connectivity index (χ3n) is 13.3. The summed E-state index contributed by atoms with van der Waals surface area (Å²) in [6.07, 6.45) is 8.01. The third kappa shape index (κ3) is 9.07. The van der Waals surface area contributed by atoms with Crippen molar-refractivity contribution in [2.24, 2.45) is 22.7 Å². The second-order valence-corrected chi connectivity index (χ2v) is 21.4. The molecule has 6 atom stereocenters. The highest BCUT2D eigenvalue weighted by Crippen LogP contribution is 2.54. The van der Waals surface area contributed by atoms with Gasteiger partial charge < -0.3 is 5.32 Å². The number of nitrogens with one attached hydrogen (secondary N) is 1. The Morgan fingerprint density at radius 3 is 1.60 bits per heavy atom. The van der Waals surface area contributed by atoms with Gasteiger partial charge in [-0.1, -0.05) is 128 Å². The first-order chi connectivity index (χ1) is 26.2. The molecule has 4 aromatic rings. The molecule has 0 aromatic heterocycles. The van der Waals surface area contributed by atoms with Gasteiger partial charge in [0.1, 0.15) is 0 Å². The molecular weight excluding hydrogens is 834 g/mol. The molecule has 0 saturated carbocycles. The highest BCUT2D eigenvalue weighted by atomic mass is 127. The van der Waals surface area contributed by atoms with Gasteiger partial charge in [-0.15, -0.1) is 0 Å². The van der Waals surface area contributed by atoms with Gasteiger partial charge >= 0.3 is 0 Å². The largest absolute Gasteiger partial charge is 0.388 e. The van der Waals surface area contributed by atoms with Crippen LogP contribution in [0.2, 0.25) is 0 Å². The van der Waals surface area contributed by atoms with E-state index in [1.165, 1.54) is 14.7 Å². The molecule has 2 aliphatic rings. The minimum atomic E-state index is -3.36. The average molecular weight is 896 g/mol. The van der Waals surface area contributed by atoms with E-state index in [9.17, 15) is 16.8 Å². The first-order valence-corrected chi connectivity index (χ1v) is 24.8. The molecule has 0 radical (unpaired) electrons. The number of hydrogen-bond donors (Lipinski definition) is 1. The molecule has 2 aliphatic heterocycles. The van der Waals surface area contributed by atoms with Crippen LogP contribution in [0.5, 0.6) is 0 Å². The summed E-state index contributed by atoms with van der Waals surface area (Å²) in [6.45, 7) is 13.3. The average Bonchev–Trinajstić information content (AvgIpc) is 3.31. The summed E-state index contributed by atoms with van der Waals surface area (Å²) >= 11 is 2.32. The number of halogens is 1. The van der Waals surface area contributed by atoms with Crippen molar-refractivity contribution in [2.75, 3.05) is 23.9 Å². The van der Waals surface area contributed by atoms with Gasteiger partial charge in [0.05, 0.1) is 21.3 Å². The zero-order valence-electron chi connectivity index (χ0n) is 33.9. The lowest BCUT2D eigenvalue weighted by Gasteiger charge is -2.41. The van der Waals surface area contributed by atoms with Crippen molar-refractivity contribution in [1.82, 2.24) is 0 Å². The van der Waals surface area contributed by atoms with E-state index < -0.39 is 19.7 Å². The quantitative estimate of drug-likeness (QED) is 0.152. The maximum absolute atomic E-state index is 13.5. The molecule has 55 heavy (non-hydrogen) atoms. The zero-order chi connectivity index (χ0) is 40.0. The van der Waals surface area contributed by atoms with E-state index in [1.807, 2.05) is 55.6 Å². The molecule has 1 N–H and O–H groups in total. The number of anilines is 1. The maximum atomic E-state index is 13.5. The Hall–Kier alpha value is -2.69. The van der Waals surface area contributed by atoms with Gasteiger partial charge in [0.15, 0.2) is 19.7 Å². The lowest BCUT2D eigenvalue weighted by Crippen LogP contribution is -2.37. The second-order valence-electron chi connectivity index (χ2n) is 16.2. The van der Waals surface area contributed by atoms with E-state index in [-0.39, 0.29) is 46.0 Å². The zero-order valence-corrected chi connectivity index (χ0v) is 37.7. The molecule has 2 heterocycles. The monoisotopic (exact) mass is 895 g/mol. The van der Waals surface area contributed by atoms with E-state index in [2.05, 4.69) is 118 Å². The molecule has 0 unspecified atom stereocenters. The summed E-state index contributed by atoms with van der Waals surface area (Å²) in [6, 6.07) is 32.5. The molecule has 0 saturated heterocycles.